The first kappa shape index (κ1) is 19.8. The summed E-state index contributed by atoms with van der Waals surface area (Å²) < 4.78 is 21.5. The summed E-state index contributed by atoms with van der Waals surface area (Å²) in [6, 6.07) is 8.25. The SMILES string of the molecule is C=Cc1ccc(CC(COCCOCCOCCO)OC)cc1. The van der Waals surface area contributed by atoms with Crippen LogP contribution in [0.15, 0.2) is 30.8 Å². The molecule has 0 aliphatic heterocycles. The van der Waals surface area contributed by atoms with Crippen LogP contribution in [0.5, 0.6) is 0 Å². The summed E-state index contributed by atoms with van der Waals surface area (Å²) >= 11 is 0. The molecule has 0 fully saturated rings. The van der Waals surface area contributed by atoms with E-state index < -0.39 is 0 Å². The van der Waals surface area contributed by atoms with Gasteiger partial charge < -0.3 is 24.1 Å². The Labute approximate surface area is 138 Å². The summed E-state index contributed by atoms with van der Waals surface area (Å²) in [4.78, 5) is 0. The van der Waals surface area contributed by atoms with Crippen molar-refractivity contribution >= 4 is 6.08 Å². The molecule has 0 aliphatic rings. The van der Waals surface area contributed by atoms with Gasteiger partial charge in [-0.25, -0.2) is 0 Å². The topological polar surface area (TPSA) is 57.2 Å². The molecule has 0 aromatic heterocycles. The fraction of sp³-hybridized carbons (Fsp3) is 0.556. The van der Waals surface area contributed by atoms with Gasteiger partial charge in [-0.3, -0.25) is 0 Å². The van der Waals surface area contributed by atoms with E-state index >= 15 is 0 Å². The third-order valence-electron chi connectivity index (χ3n) is 3.30. The lowest BCUT2D eigenvalue weighted by Crippen LogP contribution is -2.22. The summed E-state index contributed by atoms with van der Waals surface area (Å²) in [5, 5.41) is 8.54. The predicted molar refractivity (Wildman–Crippen MR) is 90.6 cm³/mol. The number of benzene rings is 1. The van der Waals surface area contributed by atoms with Gasteiger partial charge in [0.15, 0.2) is 0 Å². The van der Waals surface area contributed by atoms with E-state index in [4.69, 9.17) is 24.1 Å². The Morgan fingerprint density at radius 3 is 2.17 bits per heavy atom. The summed E-state index contributed by atoms with van der Waals surface area (Å²) in [5.74, 6) is 0. The molecule has 0 radical (unpaired) electrons. The van der Waals surface area contributed by atoms with E-state index in [0.717, 1.165) is 12.0 Å². The van der Waals surface area contributed by atoms with Crippen molar-refractivity contribution in [1.29, 1.82) is 0 Å². The average Bonchev–Trinajstić information content (AvgIpc) is 2.59. The van der Waals surface area contributed by atoms with E-state index in [-0.39, 0.29) is 12.7 Å². The summed E-state index contributed by atoms with van der Waals surface area (Å²) in [5.41, 5.74) is 2.32. The Morgan fingerprint density at radius 2 is 1.61 bits per heavy atom. The zero-order valence-electron chi connectivity index (χ0n) is 13.9. The van der Waals surface area contributed by atoms with Crippen LogP contribution < -0.4 is 0 Å². The summed E-state index contributed by atoms with van der Waals surface area (Å²) in [6.45, 7) is 6.71. The third-order valence-corrected chi connectivity index (χ3v) is 3.30. The molecule has 0 heterocycles. The Kier molecular flexibility index (Phi) is 11.4. The van der Waals surface area contributed by atoms with Crippen LogP contribution in [0.1, 0.15) is 11.1 Å². The molecule has 0 saturated heterocycles. The molecule has 0 saturated carbocycles. The Hall–Kier alpha value is -1.24. The molecular formula is C18H28O5. The quantitative estimate of drug-likeness (QED) is 0.530. The standard InChI is InChI=1S/C18H28O5/c1-3-16-4-6-17(7-5-16)14-18(20-2)15-23-13-12-22-11-10-21-9-8-19/h3-7,18-19H,1,8-15H2,2H3. The fourth-order valence-electron chi connectivity index (χ4n) is 1.98. The van der Waals surface area contributed by atoms with Gasteiger partial charge in [0.2, 0.25) is 0 Å². The number of methoxy groups -OCH3 is 1. The van der Waals surface area contributed by atoms with E-state index in [1.165, 1.54) is 5.56 Å². The highest BCUT2D eigenvalue weighted by Crippen LogP contribution is 2.09. The van der Waals surface area contributed by atoms with Crippen LogP contribution in [0.4, 0.5) is 0 Å². The van der Waals surface area contributed by atoms with Gasteiger partial charge in [-0.05, 0) is 11.1 Å². The minimum Gasteiger partial charge on any atom is -0.394 e. The van der Waals surface area contributed by atoms with Gasteiger partial charge >= 0.3 is 0 Å². The van der Waals surface area contributed by atoms with Gasteiger partial charge in [0.25, 0.3) is 0 Å². The van der Waals surface area contributed by atoms with Gasteiger partial charge in [-0.2, -0.15) is 0 Å². The first-order chi connectivity index (χ1) is 11.3. The van der Waals surface area contributed by atoms with E-state index in [2.05, 4.69) is 18.7 Å². The zero-order chi connectivity index (χ0) is 16.8. The molecule has 0 amide bonds. The van der Waals surface area contributed by atoms with Crippen LogP contribution in [0.25, 0.3) is 6.08 Å². The van der Waals surface area contributed by atoms with Crippen molar-refractivity contribution in [2.45, 2.75) is 12.5 Å². The van der Waals surface area contributed by atoms with Gasteiger partial charge in [-0.1, -0.05) is 36.9 Å². The highest BCUT2D eigenvalue weighted by molar-refractivity contribution is 5.47. The van der Waals surface area contributed by atoms with Crippen LogP contribution in [0.3, 0.4) is 0 Å². The molecule has 1 N–H and O–H groups in total. The number of rotatable bonds is 14. The van der Waals surface area contributed by atoms with Gasteiger partial charge in [0.05, 0.1) is 52.4 Å². The highest BCUT2D eigenvalue weighted by Gasteiger charge is 2.08. The monoisotopic (exact) mass is 324 g/mol. The molecule has 0 spiro atoms. The molecule has 1 aromatic carbocycles. The molecule has 1 rings (SSSR count). The number of ether oxygens (including phenoxy) is 4. The van der Waals surface area contributed by atoms with Crippen LogP contribution in [-0.2, 0) is 25.4 Å². The van der Waals surface area contributed by atoms with E-state index in [1.54, 1.807) is 7.11 Å². The minimum absolute atomic E-state index is 0.0254. The lowest BCUT2D eigenvalue weighted by atomic mass is 10.1. The fourth-order valence-corrected chi connectivity index (χ4v) is 1.98. The van der Waals surface area contributed by atoms with Gasteiger partial charge in [-0.15, -0.1) is 0 Å². The maximum Gasteiger partial charge on any atom is 0.0844 e. The summed E-state index contributed by atoms with van der Waals surface area (Å²) in [6.07, 6.45) is 2.66. The van der Waals surface area contributed by atoms with Crippen LogP contribution in [0, 0.1) is 0 Å². The Morgan fingerprint density at radius 1 is 1.00 bits per heavy atom. The zero-order valence-corrected chi connectivity index (χ0v) is 13.9. The number of aliphatic hydroxyl groups excluding tert-OH is 1. The summed E-state index contributed by atoms with van der Waals surface area (Å²) in [7, 11) is 1.70. The van der Waals surface area contributed by atoms with Crippen molar-refractivity contribution in [3.05, 3.63) is 42.0 Å². The molecular weight excluding hydrogens is 296 g/mol. The maximum absolute atomic E-state index is 8.54. The predicted octanol–water partition coefficient (Wildman–Crippen LogP) is 1.93. The Balaban J connectivity index is 2.10. The number of hydrogen-bond donors (Lipinski definition) is 1. The van der Waals surface area contributed by atoms with Crippen molar-refractivity contribution in [2.75, 3.05) is 53.4 Å². The second-order valence-electron chi connectivity index (χ2n) is 5.03. The van der Waals surface area contributed by atoms with Crippen molar-refractivity contribution in [3.8, 4) is 0 Å². The number of hydrogen-bond acceptors (Lipinski definition) is 5. The molecule has 5 nitrogen and oxygen atoms in total. The molecule has 1 aromatic rings. The van der Waals surface area contributed by atoms with Crippen molar-refractivity contribution in [2.24, 2.45) is 0 Å². The van der Waals surface area contributed by atoms with Crippen LogP contribution in [-0.4, -0.2) is 64.6 Å². The van der Waals surface area contributed by atoms with Crippen LogP contribution >= 0.6 is 0 Å². The van der Waals surface area contributed by atoms with Crippen molar-refractivity contribution in [3.63, 3.8) is 0 Å². The highest BCUT2D eigenvalue weighted by atomic mass is 16.6. The van der Waals surface area contributed by atoms with E-state index in [9.17, 15) is 0 Å². The molecule has 23 heavy (non-hydrogen) atoms. The smallest absolute Gasteiger partial charge is 0.0844 e. The molecule has 130 valence electrons. The Bertz CT molecular complexity index is 404. The van der Waals surface area contributed by atoms with Crippen molar-refractivity contribution < 1.29 is 24.1 Å². The van der Waals surface area contributed by atoms with E-state index in [0.29, 0.717) is 39.6 Å². The van der Waals surface area contributed by atoms with Gasteiger partial charge in [0, 0.05) is 13.5 Å². The molecule has 0 bridgehead atoms. The molecule has 5 heteroatoms. The maximum atomic E-state index is 8.54. The van der Waals surface area contributed by atoms with Gasteiger partial charge in [0.1, 0.15) is 0 Å². The molecule has 1 unspecified atom stereocenters. The third kappa shape index (κ3) is 9.48. The lowest BCUT2D eigenvalue weighted by molar-refractivity contribution is -0.0232. The second kappa shape index (κ2) is 13.2. The normalized spacial score (nSPS) is 12.3. The average molecular weight is 324 g/mol. The first-order valence-corrected chi connectivity index (χ1v) is 7.88. The molecule has 0 aliphatic carbocycles. The van der Waals surface area contributed by atoms with E-state index in [1.807, 2.05) is 18.2 Å². The molecule has 1 atom stereocenters. The van der Waals surface area contributed by atoms with Crippen LogP contribution in [0.2, 0.25) is 0 Å². The first-order valence-electron chi connectivity index (χ1n) is 7.88. The lowest BCUT2D eigenvalue weighted by Gasteiger charge is -2.16. The largest absolute Gasteiger partial charge is 0.394 e. The minimum atomic E-state index is 0.0254. The van der Waals surface area contributed by atoms with Crippen molar-refractivity contribution in [1.82, 2.24) is 0 Å². The second-order valence-corrected chi connectivity index (χ2v) is 5.03. The number of aliphatic hydroxyl groups is 1.